The van der Waals surface area contributed by atoms with Crippen LogP contribution in [0.1, 0.15) is 0 Å². The first-order chi connectivity index (χ1) is 3.56. The Morgan fingerprint density at radius 3 is 2.00 bits per heavy atom. The normalized spacial score (nSPS) is 12.0. The molecule has 0 aromatic carbocycles. The van der Waals surface area contributed by atoms with E-state index in [2.05, 4.69) is 4.74 Å². The van der Waals surface area contributed by atoms with Crippen LogP contribution in [-0.2, 0) is 4.74 Å². The third-order valence-electron chi connectivity index (χ3n) is 0.649. The number of halogens is 3. The minimum absolute atomic E-state index is 0.219. The molecule has 50 valence electrons. The van der Waals surface area contributed by atoms with Crippen molar-refractivity contribution in [2.24, 2.45) is 0 Å². The van der Waals surface area contributed by atoms with Gasteiger partial charge in [-0.2, -0.15) is 0 Å². The van der Waals surface area contributed by atoms with Gasteiger partial charge < -0.3 is 17.7 Å². The highest BCUT2D eigenvalue weighted by Gasteiger charge is 2.21. The molecule has 5 heteroatoms. The van der Waals surface area contributed by atoms with Crippen molar-refractivity contribution in [2.75, 3.05) is 13.7 Å². The predicted octanol–water partition coefficient (Wildman–Crippen LogP) is 1.48. The predicted molar refractivity (Wildman–Crippen MR) is 25.8 cm³/mol. The van der Waals surface area contributed by atoms with E-state index in [1.807, 2.05) is 0 Å². The van der Waals surface area contributed by atoms with Crippen molar-refractivity contribution in [2.45, 2.75) is 6.32 Å². The molecule has 0 heterocycles. The molecule has 0 N–H and O–H groups in total. The summed E-state index contributed by atoms with van der Waals surface area (Å²) in [5, 5.41) is 0. The lowest BCUT2D eigenvalue weighted by Gasteiger charge is -2.10. The second kappa shape index (κ2) is 2.97. The van der Waals surface area contributed by atoms with Gasteiger partial charge in [-0.25, -0.2) is 0 Å². The highest BCUT2D eigenvalue weighted by Crippen LogP contribution is 2.13. The van der Waals surface area contributed by atoms with Crippen molar-refractivity contribution in [3.05, 3.63) is 0 Å². The van der Waals surface area contributed by atoms with Crippen LogP contribution in [0.5, 0.6) is 0 Å². The Balaban J connectivity index is 3.11. The number of hydrogen-bond donors (Lipinski definition) is 0. The molecule has 0 spiro atoms. The van der Waals surface area contributed by atoms with Crippen LogP contribution in [0.4, 0.5) is 12.9 Å². The maximum absolute atomic E-state index is 11.2. The third-order valence-corrected chi connectivity index (χ3v) is 0.649. The fourth-order valence-corrected chi connectivity index (χ4v) is 0.251. The molecule has 0 aromatic rings. The van der Waals surface area contributed by atoms with E-state index in [-0.39, 0.29) is 6.61 Å². The summed E-state index contributed by atoms with van der Waals surface area (Å²) in [6.45, 7) is -4.85. The molecule has 0 saturated heterocycles. The highest BCUT2D eigenvalue weighted by atomic mass is 19.4. The van der Waals surface area contributed by atoms with E-state index in [1.54, 1.807) is 0 Å². The van der Waals surface area contributed by atoms with Crippen LogP contribution in [0.25, 0.3) is 0 Å². The van der Waals surface area contributed by atoms with Gasteiger partial charge in [0.05, 0.1) is 0 Å². The van der Waals surface area contributed by atoms with Crippen LogP contribution in [0, 0.1) is 0 Å². The van der Waals surface area contributed by atoms with E-state index >= 15 is 0 Å². The lowest BCUT2D eigenvalue weighted by molar-refractivity contribution is 0.207. The van der Waals surface area contributed by atoms with Crippen molar-refractivity contribution in [1.82, 2.24) is 0 Å². The monoisotopic (exact) mass is 127 g/mol. The van der Waals surface area contributed by atoms with Gasteiger partial charge in [-0.15, -0.1) is 0 Å². The minimum Gasteiger partial charge on any atom is -0.449 e. The number of methoxy groups -OCH3 is 1. The van der Waals surface area contributed by atoms with E-state index in [4.69, 9.17) is 0 Å². The number of hydrogen-bond acceptors (Lipinski definition) is 1. The van der Waals surface area contributed by atoms with Crippen molar-refractivity contribution in [3.63, 3.8) is 0 Å². The van der Waals surface area contributed by atoms with Crippen molar-refractivity contribution < 1.29 is 17.7 Å². The van der Waals surface area contributed by atoms with Crippen molar-refractivity contribution in [3.8, 4) is 0 Å². The lowest BCUT2D eigenvalue weighted by Crippen LogP contribution is -2.16. The van der Waals surface area contributed by atoms with Crippen LogP contribution in [0.15, 0.2) is 0 Å². The Morgan fingerprint density at radius 2 is 1.88 bits per heavy atom. The molecule has 0 aromatic heterocycles. The van der Waals surface area contributed by atoms with Gasteiger partial charge in [0, 0.05) is 13.7 Å². The molecule has 0 bridgehead atoms. The Hall–Kier alpha value is -0.185. The molecule has 0 unspecified atom stereocenters. The molecule has 0 amide bonds. The van der Waals surface area contributed by atoms with E-state index in [1.165, 1.54) is 7.11 Å². The fraction of sp³-hybridized carbons (Fsp3) is 1.00. The molecule has 1 nitrogen and oxygen atoms in total. The van der Waals surface area contributed by atoms with Crippen LogP contribution in [0.3, 0.4) is 0 Å². The summed E-state index contributed by atoms with van der Waals surface area (Å²) in [5.74, 6) is 0. The second-order valence-corrected chi connectivity index (χ2v) is 1.49. The van der Waals surface area contributed by atoms with E-state index < -0.39 is 13.3 Å². The Kier molecular flexibility index (Phi) is 2.90. The summed E-state index contributed by atoms with van der Waals surface area (Å²) in [6.07, 6.45) is -0.795. The van der Waals surface area contributed by atoms with Gasteiger partial charge in [0.15, 0.2) is 0 Å². The second-order valence-electron chi connectivity index (χ2n) is 1.49. The first-order valence-electron chi connectivity index (χ1n) is 2.26. The number of rotatable bonds is 3. The molecule has 0 atom stereocenters. The van der Waals surface area contributed by atoms with Crippen LogP contribution in [0.2, 0.25) is 6.32 Å². The van der Waals surface area contributed by atoms with Crippen molar-refractivity contribution >= 4 is 6.98 Å². The maximum atomic E-state index is 11.2. The SMILES string of the molecule is COCC[B-](F)(F)F. The molecule has 0 radical (unpaired) electrons. The van der Waals surface area contributed by atoms with E-state index in [9.17, 15) is 12.9 Å². The van der Waals surface area contributed by atoms with Gasteiger partial charge in [0.25, 0.3) is 0 Å². The molecule has 0 rings (SSSR count). The van der Waals surface area contributed by atoms with Gasteiger partial charge >= 0.3 is 6.98 Å². The van der Waals surface area contributed by atoms with Gasteiger partial charge in [0.2, 0.25) is 0 Å². The largest absolute Gasteiger partial charge is 0.480 e. The van der Waals surface area contributed by atoms with Gasteiger partial charge in [-0.05, 0) is 0 Å². The first-order valence-corrected chi connectivity index (χ1v) is 2.26. The highest BCUT2D eigenvalue weighted by molar-refractivity contribution is 6.58. The average Bonchev–Trinajstić information content (AvgIpc) is 1.59. The third kappa shape index (κ3) is 5.81. The van der Waals surface area contributed by atoms with Gasteiger partial charge in [0.1, 0.15) is 0 Å². The fourth-order valence-electron chi connectivity index (χ4n) is 0.251. The first kappa shape index (κ1) is 7.81. The molecule has 0 fully saturated rings. The molecule has 0 aliphatic carbocycles. The zero-order valence-electron chi connectivity index (χ0n) is 4.53. The van der Waals surface area contributed by atoms with Crippen LogP contribution in [-0.4, -0.2) is 20.7 Å². The van der Waals surface area contributed by atoms with Crippen LogP contribution < -0.4 is 0 Å². The standard InChI is InChI=1S/C3H7BF3O/c1-8-3-2-4(5,6)7/h2-3H2,1H3/q-1. The smallest absolute Gasteiger partial charge is 0.449 e. The molecular weight excluding hydrogens is 120 g/mol. The Labute approximate surface area is 45.9 Å². The van der Waals surface area contributed by atoms with Crippen molar-refractivity contribution in [1.29, 1.82) is 0 Å². The van der Waals surface area contributed by atoms with Gasteiger partial charge in [-0.1, -0.05) is 6.32 Å². The maximum Gasteiger partial charge on any atom is 0.480 e. The summed E-state index contributed by atoms with van der Waals surface area (Å²) in [4.78, 5) is 0. The summed E-state index contributed by atoms with van der Waals surface area (Å²) in [5.41, 5.74) is 0. The molecule has 8 heavy (non-hydrogen) atoms. The summed E-state index contributed by atoms with van der Waals surface area (Å²) < 4.78 is 37.9. The molecule has 0 aliphatic rings. The quantitative estimate of drug-likeness (QED) is 0.521. The zero-order chi connectivity index (χ0) is 6.62. The molecule has 0 aliphatic heterocycles. The van der Waals surface area contributed by atoms with Gasteiger partial charge in [-0.3, -0.25) is 0 Å². The van der Waals surface area contributed by atoms with E-state index in [0.717, 1.165) is 0 Å². The number of ether oxygens (including phenoxy) is 1. The lowest BCUT2D eigenvalue weighted by atomic mass is 9.87. The topological polar surface area (TPSA) is 9.23 Å². The summed E-state index contributed by atoms with van der Waals surface area (Å²) >= 11 is 0. The molecular formula is C3H7BF3O-. The minimum atomic E-state index is -4.63. The van der Waals surface area contributed by atoms with Crippen LogP contribution >= 0.6 is 0 Å². The average molecular weight is 127 g/mol. The zero-order valence-corrected chi connectivity index (χ0v) is 4.53. The Morgan fingerprint density at radius 1 is 1.38 bits per heavy atom. The summed E-state index contributed by atoms with van der Waals surface area (Å²) in [6, 6.07) is 0. The summed E-state index contributed by atoms with van der Waals surface area (Å²) in [7, 11) is 1.25. The Bertz CT molecular complexity index is 62.0. The van der Waals surface area contributed by atoms with E-state index in [0.29, 0.717) is 0 Å². The molecule has 0 saturated carbocycles.